The Kier molecular flexibility index (Phi) is 4.92. The smallest absolute Gasteiger partial charge is 0.260 e. The lowest BCUT2D eigenvalue weighted by Crippen LogP contribution is -2.34. The maximum Gasteiger partial charge on any atom is 0.260 e. The number of benzene rings is 2. The van der Waals surface area contributed by atoms with Crippen LogP contribution in [0.15, 0.2) is 60.8 Å². The highest BCUT2D eigenvalue weighted by Crippen LogP contribution is 2.26. The topological polar surface area (TPSA) is 51.7 Å². The molecule has 1 atom stereocenters. The summed E-state index contributed by atoms with van der Waals surface area (Å²) in [6, 6.07) is 17.5. The second-order valence-electron chi connectivity index (χ2n) is 6.80. The molecule has 1 aliphatic heterocycles. The van der Waals surface area contributed by atoms with Gasteiger partial charge in [0.15, 0.2) is 6.61 Å². The number of likely N-dealkylation sites (tertiary alicyclic amines) is 1. The van der Waals surface area contributed by atoms with Gasteiger partial charge in [-0.1, -0.05) is 35.9 Å². The minimum absolute atomic E-state index is 0.0160. The monoisotopic (exact) mass is 362 g/mol. The van der Waals surface area contributed by atoms with Crippen molar-refractivity contribution in [1.82, 2.24) is 9.88 Å². The third-order valence-electron chi connectivity index (χ3n) is 4.77. The van der Waals surface area contributed by atoms with Gasteiger partial charge in [0.2, 0.25) is 0 Å². The molecule has 1 amide bonds. The van der Waals surface area contributed by atoms with E-state index in [0.717, 1.165) is 28.6 Å². The maximum absolute atomic E-state index is 12.4. The number of hydrogen-bond acceptors (Lipinski definition) is 4. The number of carbonyl (C=O) groups excluding carboxylic acids is 1. The average Bonchev–Trinajstić information content (AvgIpc) is 3.16. The van der Waals surface area contributed by atoms with Crippen molar-refractivity contribution in [2.75, 3.05) is 19.7 Å². The Hall–Kier alpha value is -3.08. The van der Waals surface area contributed by atoms with Crippen LogP contribution in [0, 0.1) is 6.92 Å². The third kappa shape index (κ3) is 4.03. The normalized spacial score (nSPS) is 16.5. The Bertz CT molecular complexity index is 934. The number of hydrogen-bond donors (Lipinski definition) is 0. The third-order valence-corrected chi connectivity index (χ3v) is 4.77. The number of pyridine rings is 1. The van der Waals surface area contributed by atoms with Crippen molar-refractivity contribution in [3.8, 4) is 11.5 Å². The molecule has 5 heteroatoms. The maximum atomic E-state index is 12.4. The van der Waals surface area contributed by atoms with E-state index in [2.05, 4.69) is 4.98 Å². The van der Waals surface area contributed by atoms with Gasteiger partial charge >= 0.3 is 0 Å². The lowest BCUT2D eigenvalue weighted by atomic mass is 10.2. The number of ether oxygens (including phenoxy) is 2. The fraction of sp³-hybridized carbons (Fsp3) is 0.273. The van der Waals surface area contributed by atoms with Crippen molar-refractivity contribution in [1.29, 1.82) is 0 Å². The molecule has 0 aliphatic carbocycles. The second-order valence-corrected chi connectivity index (χ2v) is 6.80. The quantitative estimate of drug-likeness (QED) is 0.696. The minimum Gasteiger partial charge on any atom is -0.486 e. The molecule has 2 heterocycles. The van der Waals surface area contributed by atoms with Crippen LogP contribution in [0.1, 0.15) is 12.0 Å². The summed E-state index contributed by atoms with van der Waals surface area (Å²) in [5, 5.41) is 1.05. The van der Waals surface area contributed by atoms with E-state index in [9.17, 15) is 4.79 Å². The summed E-state index contributed by atoms with van der Waals surface area (Å²) in [5.41, 5.74) is 2.02. The zero-order chi connectivity index (χ0) is 18.6. The van der Waals surface area contributed by atoms with Crippen LogP contribution in [-0.2, 0) is 4.79 Å². The predicted octanol–water partition coefficient (Wildman–Crippen LogP) is 3.60. The summed E-state index contributed by atoms with van der Waals surface area (Å²) in [5.74, 6) is 1.46. The van der Waals surface area contributed by atoms with E-state index < -0.39 is 0 Å². The van der Waals surface area contributed by atoms with Crippen LogP contribution >= 0.6 is 0 Å². The van der Waals surface area contributed by atoms with Crippen LogP contribution in [0.5, 0.6) is 11.5 Å². The van der Waals surface area contributed by atoms with Gasteiger partial charge in [-0.2, -0.15) is 0 Å². The van der Waals surface area contributed by atoms with Crippen LogP contribution < -0.4 is 9.47 Å². The first kappa shape index (κ1) is 17.3. The van der Waals surface area contributed by atoms with Gasteiger partial charge in [0, 0.05) is 24.5 Å². The molecule has 138 valence electrons. The fourth-order valence-corrected chi connectivity index (χ4v) is 3.27. The molecule has 1 aromatic heterocycles. The molecule has 0 bridgehead atoms. The number of rotatable bonds is 5. The summed E-state index contributed by atoms with van der Waals surface area (Å²) in [6.07, 6.45) is 2.54. The van der Waals surface area contributed by atoms with Crippen LogP contribution in [0.2, 0.25) is 0 Å². The highest BCUT2D eigenvalue weighted by molar-refractivity contribution is 5.84. The van der Waals surface area contributed by atoms with Gasteiger partial charge in [0.05, 0.1) is 6.54 Å². The van der Waals surface area contributed by atoms with Crippen LogP contribution in [-0.4, -0.2) is 41.6 Å². The number of aryl methyl sites for hydroxylation is 1. The Morgan fingerprint density at radius 1 is 1.15 bits per heavy atom. The summed E-state index contributed by atoms with van der Waals surface area (Å²) in [6.45, 7) is 3.31. The molecule has 1 unspecified atom stereocenters. The summed E-state index contributed by atoms with van der Waals surface area (Å²) < 4.78 is 11.8. The zero-order valence-electron chi connectivity index (χ0n) is 15.3. The molecule has 0 N–H and O–H groups in total. The first-order chi connectivity index (χ1) is 13.2. The molecular weight excluding hydrogens is 340 g/mol. The van der Waals surface area contributed by atoms with Gasteiger partial charge in [0.25, 0.3) is 5.91 Å². The highest BCUT2D eigenvalue weighted by atomic mass is 16.5. The average molecular weight is 362 g/mol. The Balaban J connectivity index is 1.34. The molecule has 1 aliphatic rings. The van der Waals surface area contributed by atoms with E-state index in [1.54, 1.807) is 11.1 Å². The van der Waals surface area contributed by atoms with Crippen molar-refractivity contribution in [3.05, 3.63) is 66.4 Å². The molecular formula is C22H22N2O3. The van der Waals surface area contributed by atoms with Crippen molar-refractivity contribution in [2.24, 2.45) is 0 Å². The minimum atomic E-state index is -0.0269. The fourth-order valence-electron chi connectivity index (χ4n) is 3.27. The standard InChI is InChI=1S/C22H22N2O3/c1-16-7-9-18(10-8-16)26-15-21(25)24-13-11-19(14-24)27-20-6-2-4-17-5-3-12-23-22(17)20/h2-10,12,19H,11,13-15H2,1H3. The second kappa shape index (κ2) is 7.66. The number of fused-ring (bicyclic) bond motifs is 1. The number of amides is 1. The number of aromatic nitrogens is 1. The van der Waals surface area contributed by atoms with E-state index >= 15 is 0 Å². The molecule has 5 nitrogen and oxygen atoms in total. The lowest BCUT2D eigenvalue weighted by molar-refractivity contribution is -0.132. The number of para-hydroxylation sites is 1. The molecule has 0 spiro atoms. The van der Waals surface area contributed by atoms with E-state index in [4.69, 9.17) is 9.47 Å². The van der Waals surface area contributed by atoms with Crippen molar-refractivity contribution >= 4 is 16.8 Å². The molecule has 3 aromatic rings. The first-order valence-electron chi connectivity index (χ1n) is 9.17. The summed E-state index contributed by atoms with van der Waals surface area (Å²) >= 11 is 0. The number of carbonyl (C=O) groups is 1. The molecule has 0 saturated carbocycles. The lowest BCUT2D eigenvalue weighted by Gasteiger charge is -2.18. The van der Waals surface area contributed by atoms with Crippen molar-refractivity contribution in [2.45, 2.75) is 19.4 Å². The van der Waals surface area contributed by atoms with Crippen LogP contribution in [0.4, 0.5) is 0 Å². The Labute approximate surface area is 158 Å². The molecule has 2 aromatic carbocycles. The molecule has 1 fully saturated rings. The number of nitrogens with zero attached hydrogens (tertiary/aromatic N) is 2. The van der Waals surface area contributed by atoms with E-state index in [-0.39, 0.29) is 18.6 Å². The SMILES string of the molecule is Cc1ccc(OCC(=O)N2CCC(Oc3cccc4cccnc34)C2)cc1. The molecule has 1 saturated heterocycles. The van der Waals surface area contributed by atoms with E-state index in [0.29, 0.717) is 18.8 Å². The van der Waals surface area contributed by atoms with Gasteiger partial charge < -0.3 is 14.4 Å². The molecule has 0 radical (unpaired) electrons. The molecule has 4 rings (SSSR count). The van der Waals surface area contributed by atoms with Gasteiger partial charge in [-0.05, 0) is 31.2 Å². The van der Waals surface area contributed by atoms with Gasteiger partial charge in [-0.25, -0.2) is 0 Å². The summed E-state index contributed by atoms with van der Waals surface area (Å²) in [4.78, 5) is 18.7. The van der Waals surface area contributed by atoms with Crippen LogP contribution in [0.25, 0.3) is 10.9 Å². The molecule has 27 heavy (non-hydrogen) atoms. The van der Waals surface area contributed by atoms with Gasteiger partial charge in [-0.3, -0.25) is 9.78 Å². The highest BCUT2D eigenvalue weighted by Gasteiger charge is 2.28. The van der Waals surface area contributed by atoms with E-state index in [1.165, 1.54) is 0 Å². The zero-order valence-corrected chi connectivity index (χ0v) is 15.3. The first-order valence-corrected chi connectivity index (χ1v) is 9.17. The summed E-state index contributed by atoms with van der Waals surface area (Å²) in [7, 11) is 0. The van der Waals surface area contributed by atoms with Crippen LogP contribution in [0.3, 0.4) is 0 Å². The van der Waals surface area contributed by atoms with E-state index in [1.807, 2.05) is 61.5 Å². The Morgan fingerprint density at radius 2 is 1.96 bits per heavy atom. The van der Waals surface area contributed by atoms with Crippen molar-refractivity contribution in [3.63, 3.8) is 0 Å². The Morgan fingerprint density at radius 3 is 2.81 bits per heavy atom. The predicted molar refractivity (Wildman–Crippen MR) is 104 cm³/mol. The van der Waals surface area contributed by atoms with Gasteiger partial charge in [-0.15, -0.1) is 0 Å². The van der Waals surface area contributed by atoms with Gasteiger partial charge in [0.1, 0.15) is 23.1 Å². The largest absolute Gasteiger partial charge is 0.486 e. The van der Waals surface area contributed by atoms with Crippen molar-refractivity contribution < 1.29 is 14.3 Å².